The SMILES string of the molecule is C.CC(C)OC(=O)C(C)N.CC(C)OC(=O)C(C)N=Cc1ccccc1.CCN(CC)CC.Cl.O=Cc1ccccc1. The minimum atomic E-state index is -0.507. The molecule has 240 valence electrons. The zero-order valence-corrected chi connectivity index (χ0v) is 27.1. The largest absolute Gasteiger partial charge is 0.462 e. The summed E-state index contributed by atoms with van der Waals surface area (Å²) in [6, 6.07) is 17.8. The molecule has 8 nitrogen and oxygen atoms in total. The minimum Gasteiger partial charge on any atom is -0.462 e. The van der Waals surface area contributed by atoms with E-state index in [1.807, 2.05) is 62.4 Å². The Kier molecular flexibility index (Phi) is 32.2. The molecule has 2 aromatic carbocycles. The number of aliphatic imine (C=N–C) groups is 1. The van der Waals surface area contributed by atoms with Crippen LogP contribution < -0.4 is 5.73 Å². The smallest absolute Gasteiger partial charge is 0.330 e. The van der Waals surface area contributed by atoms with E-state index in [0.717, 1.165) is 17.4 Å². The Morgan fingerprint density at radius 2 is 1.14 bits per heavy atom. The lowest BCUT2D eigenvalue weighted by Gasteiger charge is -2.13. The summed E-state index contributed by atoms with van der Waals surface area (Å²) in [4.78, 5) is 38.6. The van der Waals surface area contributed by atoms with Gasteiger partial charge in [-0.05, 0) is 66.7 Å². The first-order valence-corrected chi connectivity index (χ1v) is 13.9. The van der Waals surface area contributed by atoms with Crippen LogP contribution in [0.4, 0.5) is 0 Å². The molecule has 2 rings (SSSR count). The molecule has 0 amide bonds. The first-order chi connectivity index (χ1) is 18.9. The molecule has 2 unspecified atom stereocenters. The Morgan fingerprint density at radius 3 is 1.40 bits per heavy atom. The molecule has 0 aliphatic heterocycles. The summed E-state index contributed by atoms with van der Waals surface area (Å²) in [7, 11) is 0. The molecule has 0 bridgehead atoms. The zero-order chi connectivity index (χ0) is 30.9. The van der Waals surface area contributed by atoms with Crippen LogP contribution in [0.1, 0.15) is 85.7 Å². The fraction of sp³-hybridized carbons (Fsp3) is 0.515. The van der Waals surface area contributed by atoms with Crippen LogP contribution in [0.15, 0.2) is 65.7 Å². The molecule has 9 heteroatoms. The second kappa shape index (κ2) is 29.4. The molecule has 0 heterocycles. The first kappa shape index (κ1) is 45.9. The maximum Gasteiger partial charge on any atom is 0.330 e. The van der Waals surface area contributed by atoms with Crippen molar-refractivity contribution in [3.8, 4) is 0 Å². The standard InChI is InChI=1S/C13H17NO2.C7H6O.C6H13NO2.C6H15N.CH4.ClH/c1-10(2)16-13(15)11(3)14-9-12-7-5-4-6-8-12;8-6-7-4-2-1-3-5-7;1-4(2)9-6(8)5(3)7;1-4-7(5-2)6-3;;/h4-11H,1-3H3;1-6H;4-5H,7H2,1-3H3;4-6H2,1-3H3;1H4;1H. The monoisotopic (exact) mass is 609 g/mol. The van der Waals surface area contributed by atoms with E-state index in [1.165, 1.54) is 19.6 Å². The second-order valence-electron chi connectivity index (χ2n) is 9.27. The van der Waals surface area contributed by atoms with Gasteiger partial charge in [0.2, 0.25) is 0 Å². The average Bonchev–Trinajstić information content (AvgIpc) is 2.94. The van der Waals surface area contributed by atoms with Crippen molar-refractivity contribution in [1.29, 1.82) is 0 Å². The highest BCUT2D eigenvalue weighted by Crippen LogP contribution is 2.00. The van der Waals surface area contributed by atoms with E-state index in [4.69, 9.17) is 15.2 Å². The number of carbonyl (C=O) groups excluding carboxylic acids is 3. The van der Waals surface area contributed by atoms with Gasteiger partial charge >= 0.3 is 11.9 Å². The fourth-order valence-corrected chi connectivity index (χ4v) is 2.67. The molecule has 0 aromatic heterocycles. The van der Waals surface area contributed by atoms with Crippen molar-refractivity contribution in [3.05, 3.63) is 71.8 Å². The van der Waals surface area contributed by atoms with Crippen molar-refractivity contribution < 1.29 is 23.9 Å². The highest BCUT2D eigenvalue weighted by atomic mass is 35.5. The van der Waals surface area contributed by atoms with Crippen molar-refractivity contribution in [2.24, 2.45) is 10.7 Å². The number of benzene rings is 2. The highest BCUT2D eigenvalue weighted by Gasteiger charge is 2.13. The van der Waals surface area contributed by atoms with Crippen molar-refractivity contribution in [2.75, 3.05) is 19.6 Å². The van der Waals surface area contributed by atoms with Crippen LogP contribution in [0, 0.1) is 0 Å². The van der Waals surface area contributed by atoms with E-state index in [9.17, 15) is 14.4 Å². The molecule has 0 radical (unpaired) electrons. The Morgan fingerprint density at radius 1 is 0.762 bits per heavy atom. The van der Waals surface area contributed by atoms with Gasteiger partial charge in [-0.1, -0.05) is 88.9 Å². The summed E-state index contributed by atoms with van der Waals surface area (Å²) in [5, 5.41) is 0. The van der Waals surface area contributed by atoms with Gasteiger partial charge in [-0.2, -0.15) is 0 Å². The highest BCUT2D eigenvalue weighted by molar-refractivity contribution is 5.85. The quantitative estimate of drug-likeness (QED) is 0.183. The lowest BCUT2D eigenvalue weighted by Crippen LogP contribution is -2.30. The van der Waals surface area contributed by atoms with Crippen molar-refractivity contribution in [3.63, 3.8) is 0 Å². The number of hydrogen-bond acceptors (Lipinski definition) is 8. The molecular formula is C33H56ClN3O5. The maximum atomic E-state index is 11.4. The predicted molar refractivity (Wildman–Crippen MR) is 179 cm³/mol. The van der Waals surface area contributed by atoms with Gasteiger partial charge in [-0.3, -0.25) is 14.6 Å². The molecule has 2 aromatic rings. The number of halogens is 1. The molecule has 2 N–H and O–H groups in total. The van der Waals surface area contributed by atoms with Crippen LogP contribution in [0.5, 0.6) is 0 Å². The number of ether oxygens (including phenoxy) is 2. The second-order valence-corrected chi connectivity index (χ2v) is 9.27. The molecule has 0 saturated carbocycles. The molecule has 42 heavy (non-hydrogen) atoms. The van der Waals surface area contributed by atoms with Crippen LogP contribution in [0.3, 0.4) is 0 Å². The zero-order valence-electron chi connectivity index (χ0n) is 26.3. The summed E-state index contributed by atoms with van der Waals surface area (Å²) < 4.78 is 9.80. The van der Waals surface area contributed by atoms with Gasteiger partial charge in [-0.25, -0.2) is 4.79 Å². The van der Waals surface area contributed by atoms with E-state index in [-0.39, 0.29) is 44.0 Å². The summed E-state index contributed by atoms with van der Waals surface area (Å²) in [5.74, 6) is -0.632. The molecule has 0 aliphatic rings. The molecule has 0 aliphatic carbocycles. The number of nitrogens with zero attached hydrogens (tertiary/aromatic N) is 2. The number of hydrogen-bond donors (Lipinski definition) is 1. The lowest BCUT2D eigenvalue weighted by atomic mass is 10.2. The molecule has 0 fully saturated rings. The van der Waals surface area contributed by atoms with E-state index in [2.05, 4.69) is 30.7 Å². The molecule has 0 spiro atoms. The van der Waals surface area contributed by atoms with Gasteiger partial charge in [0, 0.05) is 11.8 Å². The average molecular weight is 610 g/mol. The molecule has 2 atom stereocenters. The third-order valence-corrected chi connectivity index (χ3v) is 4.94. The minimum absolute atomic E-state index is 0. The number of esters is 2. The topological polar surface area (TPSA) is 111 Å². The Hall–Kier alpha value is -3.07. The Bertz CT molecular complexity index is 930. The summed E-state index contributed by atoms with van der Waals surface area (Å²) in [6.45, 7) is 20.7. The maximum absolute atomic E-state index is 11.4. The summed E-state index contributed by atoms with van der Waals surface area (Å²) in [6.07, 6.45) is 2.36. The first-order valence-electron chi connectivity index (χ1n) is 13.9. The van der Waals surface area contributed by atoms with Gasteiger partial charge in [0.15, 0.2) is 0 Å². The van der Waals surface area contributed by atoms with Crippen LogP contribution in [0.2, 0.25) is 0 Å². The van der Waals surface area contributed by atoms with E-state index < -0.39 is 12.1 Å². The predicted octanol–water partition coefficient (Wildman–Crippen LogP) is 6.64. The van der Waals surface area contributed by atoms with Gasteiger partial charge in [-0.15, -0.1) is 12.4 Å². The molecule has 0 saturated heterocycles. The number of carbonyl (C=O) groups is 3. The van der Waals surface area contributed by atoms with E-state index in [1.54, 1.807) is 46.0 Å². The van der Waals surface area contributed by atoms with Crippen LogP contribution in [-0.2, 0) is 19.1 Å². The molecular weight excluding hydrogens is 554 g/mol. The summed E-state index contributed by atoms with van der Waals surface area (Å²) >= 11 is 0. The van der Waals surface area contributed by atoms with Gasteiger partial charge in [0.05, 0.1) is 12.2 Å². The van der Waals surface area contributed by atoms with Crippen LogP contribution in [0.25, 0.3) is 0 Å². The number of nitrogens with two attached hydrogens (primary N) is 1. The number of aldehydes is 1. The van der Waals surface area contributed by atoms with Gasteiger partial charge in [0.1, 0.15) is 18.4 Å². The van der Waals surface area contributed by atoms with E-state index in [0.29, 0.717) is 0 Å². The van der Waals surface area contributed by atoms with Crippen LogP contribution in [-0.4, -0.2) is 73.3 Å². The Labute approximate surface area is 261 Å². The Balaban J connectivity index is -0.000000240. The normalized spacial score (nSPS) is 11.2. The fourth-order valence-electron chi connectivity index (χ4n) is 2.67. The van der Waals surface area contributed by atoms with Crippen molar-refractivity contribution in [2.45, 2.75) is 94.0 Å². The third-order valence-electron chi connectivity index (χ3n) is 4.94. The van der Waals surface area contributed by atoms with Crippen LogP contribution >= 0.6 is 12.4 Å². The third kappa shape index (κ3) is 27.1. The summed E-state index contributed by atoms with van der Waals surface area (Å²) in [5.41, 5.74) is 6.92. The van der Waals surface area contributed by atoms with Crippen molar-refractivity contribution >= 4 is 36.8 Å². The van der Waals surface area contributed by atoms with E-state index >= 15 is 0 Å². The lowest BCUT2D eigenvalue weighted by molar-refractivity contribution is -0.149. The van der Waals surface area contributed by atoms with Crippen molar-refractivity contribution in [1.82, 2.24) is 4.90 Å². The van der Waals surface area contributed by atoms with Gasteiger partial charge in [0.25, 0.3) is 0 Å². The number of rotatable bonds is 10. The van der Waals surface area contributed by atoms with Gasteiger partial charge < -0.3 is 20.1 Å².